The molecule has 0 aliphatic heterocycles. The van der Waals surface area contributed by atoms with E-state index < -0.39 is 0 Å². The van der Waals surface area contributed by atoms with E-state index in [4.69, 9.17) is 4.74 Å². The zero-order valence-corrected chi connectivity index (χ0v) is 15.1. The summed E-state index contributed by atoms with van der Waals surface area (Å²) in [4.78, 5) is 20.6. The number of anilines is 2. The number of hydrogen-bond acceptors (Lipinski definition) is 5. The van der Waals surface area contributed by atoms with Crippen molar-refractivity contribution in [1.29, 1.82) is 0 Å². The second-order valence-electron chi connectivity index (χ2n) is 5.68. The monoisotopic (exact) mass is 342 g/mol. The third-order valence-corrected chi connectivity index (χ3v) is 3.96. The van der Waals surface area contributed by atoms with Gasteiger partial charge in [-0.3, -0.25) is 4.79 Å². The van der Waals surface area contributed by atoms with Crippen LogP contribution >= 0.6 is 0 Å². The van der Waals surface area contributed by atoms with E-state index in [0.717, 1.165) is 24.9 Å². The van der Waals surface area contributed by atoms with Crippen molar-refractivity contribution in [2.75, 3.05) is 25.6 Å². The molecular formula is C19H26N4O2. The highest BCUT2D eigenvalue weighted by molar-refractivity contribution is 5.93. The molecule has 25 heavy (non-hydrogen) atoms. The summed E-state index contributed by atoms with van der Waals surface area (Å²) in [6, 6.07) is 6.27. The minimum Gasteiger partial charge on any atom is -0.385 e. The molecule has 0 spiro atoms. The highest BCUT2D eigenvalue weighted by atomic mass is 16.5. The zero-order valence-electron chi connectivity index (χ0n) is 15.1. The van der Waals surface area contributed by atoms with Crippen LogP contribution in [0.2, 0.25) is 0 Å². The van der Waals surface area contributed by atoms with Gasteiger partial charge in [0.05, 0.1) is 5.56 Å². The minimum atomic E-state index is -0.175. The van der Waals surface area contributed by atoms with Crippen molar-refractivity contribution in [3.63, 3.8) is 0 Å². The SMILES string of the molecule is CCc1cccc(CC)c1Nc1ncc(C(=O)NCCCOC)cn1. The normalized spacial score (nSPS) is 10.5. The lowest BCUT2D eigenvalue weighted by atomic mass is 10.0. The summed E-state index contributed by atoms with van der Waals surface area (Å²) in [7, 11) is 1.64. The highest BCUT2D eigenvalue weighted by Gasteiger charge is 2.10. The van der Waals surface area contributed by atoms with Crippen LogP contribution < -0.4 is 10.6 Å². The molecule has 1 aromatic heterocycles. The van der Waals surface area contributed by atoms with Crippen LogP contribution in [-0.2, 0) is 17.6 Å². The lowest BCUT2D eigenvalue weighted by Crippen LogP contribution is -2.25. The van der Waals surface area contributed by atoms with Gasteiger partial charge < -0.3 is 15.4 Å². The summed E-state index contributed by atoms with van der Waals surface area (Å²) in [6.45, 7) is 5.43. The maximum atomic E-state index is 12.0. The molecule has 6 heteroatoms. The molecule has 2 rings (SSSR count). The van der Waals surface area contributed by atoms with Crippen LogP contribution in [0, 0.1) is 0 Å². The molecule has 0 radical (unpaired) electrons. The molecule has 0 aliphatic carbocycles. The maximum Gasteiger partial charge on any atom is 0.254 e. The van der Waals surface area contributed by atoms with Gasteiger partial charge in [-0.05, 0) is 30.4 Å². The van der Waals surface area contributed by atoms with E-state index in [2.05, 4.69) is 52.6 Å². The average Bonchev–Trinajstić information content (AvgIpc) is 2.65. The number of nitrogens with one attached hydrogen (secondary N) is 2. The van der Waals surface area contributed by atoms with Gasteiger partial charge in [-0.2, -0.15) is 0 Å². The zero-order chi connectivity index (χ0) is 18.1. The van der Waals surface area contributed by atoms with E-state index in [1.807, 2.05) is 0 Å². The Morgan fingerprint density at radius 2 is 1.76 bits per heavy atom. The van der Waals surface area contributed by atoms with Crippen molar-refractivity contribution in [1.82, 2.24) is 15.3 Å². The molecule has 0 saturated carbocycles. The van der Waals surface area contributed by atoms with Crippen LogP contribution in [0.25, 0.3) is 0 Å². The number of para-hydroxylation sites is 1. The molecule has 1 amide bonds. The Bertz CT molecular complexity index is 664. The van der Waals surface area contributed by atoms with Gasteiger partial charge in [-0.15, -0.1) is 0 Å². The molecule has 0 bridgehead atoms. The first kappa shape index (κ1) is 18.9. The topological polar surface area (TPSA) is 76.1 Å². The van der Waals surface area contributed by atoms with Crippen molar-refractivity contribution < 1.29 is 9.53 Å². The number of rotatable bonds is 9. The molecule has 0 aliphatic rings. The first-order valence-electron chi connectivity index (χ1n) is 8.66. The number of carbonyl (C=O) groups is 1. The Kier molecular flexibility index (Phi) is 7.35. The Morgan fingerprint density at radius 3 is 2.32 bits per heavy atom. The fourth-order valence-electron chi connectivity index (χ4n) is 2.55. The third kappa shape index (κ3) is 5.26. The number of aryl methyl sites for hydroxylation is 2. The van der Waals surface area contributed by atoms with Gasteiger partial charge in [0.15, 0.2) is 0 Å². The van der Waals surface area contributed by atoms with Crippen molar-refractivity contribution in [2.24, 2.45) is 0 Å². The van der Waals surface area contributed by atoms with E-state index >= 15 is 0 Å². The highest BCUT2D eigenvalue weighted by Crippen LogP contribution is 2.24. The van der Waals surface area contributed by atoms with Gasteiger partial charge >= 0.3 is 0 Å². The maximum absolute atomic E-state index is 12.0. The lowest BCUT2D eigenvalue weighted by molar-refractivity contribution is 0.0948. The predicted octanol–water partition coefficient (Wildman–Crippen LogP) is 3.11. The van der Waals surface area contributed by atoms with Crippen molar-refractivity contribution in [3.05, 3.63) is 47.3 Å². The summed E-state index contributed by atoms with van der Waals surface area (Å²) >= 11 is 0. The van der Waals surface area contributed by atoms with E-state index in [1.54, 1.807) is 19.5 Å². The van der Waals surface area contributed by atoms with E-state index in [1.165, 1.54) is 11.1 Å². The summed E-state index contributed by atoms with van der Waals surface area (Å²) in [5.74, 6) is 0.317. The van der Waals surface area contributed by atoms with Crippen molar-refractivity contribution in [2.45, 2.75) is 33.1 Å². The number of methoxy groups -OCH3 is 1. The number of carbonyl (C=O) groups excluding carboxylic acids is 1. The molecule has 0 atom stereocenters. The smallest absolute Gasteiger partial charge is 0.254 e. The molecule has 1 aromatic carbocycles. The molecule has 0 fully saturated rings. The number of hydrogen-bond donors (Lipinski definition) is 2. The Hall–Kier alpha value is -2.47. The Morgan fingerprint density at radius 1 is 1.12 bits per heavy atom. The fraction of sp³-hybridized carbons (Fsp3) is 0.421. The number of amides is 1. The number of aromatic nitrogens is 2. The van der Waals surface area contributed by atoms with Gasteiger partial charge in [0.2, 0.25) is 5.95 Å². The number of benzene rings is 1. The predicted molar refractivity (Wildman–Crippen MR) is 99.3 cm³/mol. The van der Waals surface area contributed by atoms with Gasteiger partial charge in [0.1, 0.15) is 0 Å². The molecule has 6 nitrogen and oxygen atoms in total. The Balaban J connectivity index is 2.05. The van der Waals surface area contributed by atoms with Gasteiger partial charge in [0.25, 0.3) is 5.91 Å². The van der Waals surface area contributed by atoms with Crippen LogP contribution in [0.15, 0.2) is 30.6 Å². The number of nitrogens with zero attached hydrogens (tertiary/aromatic N) is 2. The number of ether oxygens (including phenoxy) is 1. The molecule has 134 valence electrons. The first-order chi connectivity index (χ1) is 12.2. The second-order valence-corrected chi connectivity index (χ2v) is 5.68. The standard InChI is InChI=1S/C19H26N4O2/c1-4-14-8-6-9-15(5-2)17(14)23-19-21-12-16(13-22-19)18(24)20-10-7-11-25-3/h6,8-9,12-13H,4-5,7,10-11H2,1-3H3,(H,20,24)(H,21,22,23). The molecule has 0 unspecified atom stereocenters. The van der Waals surface area contributed by atoms with E-state index in [-0.39, 0.29) is 5.91 Å². The second kappa shape index (κ2) is 9.74. The van der Waals surface area contributed by atoms with Gasteiger partial charge in [-0.25, -0.2) is 9.97 Å². The summed E-state index contributed by atoms with van der Waals surface area (Å²) in [6.07, 6.45) is 5.72. The van der Waals surface area contributed by atoms with Crippen LogP contribution in [-0.4, -0.2) is 36.1 Å². The molecule has 2 aromatic rings. The average molecular weight is 342 g/mol. The van der Waals surface area contributed by atoms with Gasteiger partial charge in [-0.1, -0.05) is 32.0 Å². The van der Waals surface area contributed by atoms with Crippen LogP contribution in [0.1, 0.15) is 41.8 Å². The van der Waals surface area contributed by atoms with Crippen LogP contribution in [0.5, 0.6) is 0 Å². The van der Waals surface area contributed by atoms with E-state index in [0.29, 0.717) is 24.7 Å². The molecular weight excluding hydrogens is 316 g/mol. The first-order valence-corrected chi connectivity index (χ1v) is 8.66. The van der Waals surface area contributed by atoms with E-state index in [9.17, 15) is 4.79 Å². The molecule has 0 saturated heterocycles. The lowest BCUT2D eigenvalue weighted by Gasteiger charge is -2.14. The van der Waals surface area contributed by atoms with Gasteiger partial charge in [0, 0.05) is 38.3 Å². The summed E-state index contributed by atoms with van der Waals surface area (Å²) in [5.41, 5.74) is 3.96. The van der Waals surface area contributed by atoms with Crippen molar-refractivity contribution >= 4 is 17.5 Å². The minimum absolute atomic E-state index is 0.175. The third-order valence-electron chi connectivity index (χ3n) is 3.96. The Labute approximate surface area is 149 Å². The fourth-order valence-corrected chi connectivity index (χ4v) is 2.55. The van der Waals surface area contributed by atoms with Crippen LogP contribution in [0.4, 0.5) is 11.6 Å². The molecule has 1 heterocycles. The van der Waals surface area contributed by atoms with Crippen molar-refractivity contribution in [3.8, 4) is 0 Å². The summed E-state index contributed by atoms with van der Waals surface area (Å²) in [5, 5.41) is 6.12. The quantitative estimate of drug-likeness (QED) is 0.685. The van der Waals surface area contributed by atoms with Crippen LogP contribution in [0.3, 0.4) is 0 Å². The molecule has 2 N–H and O–H groups in total. The summed E-state index contributed by atoms with van der Waals surface area (Å²) < 4.78 is 4.96. The largest absolute Gasteiger partial charge is 0.385 e.